The molecular formula is C10H12N2O2. The van der Waals surface area contributed by atoms with Crippen LogP contribution in [-0.4, -0.2) is 23.3 Å². The summed E-state index contributed by atoms with van der Waals surface area (Å²) in [4.78, 5) is 10.4. The molecule has 0 bridgehead atoms. The van der Waals surface area contributed by atoms with E-state index < -0.39 is 5.97 Å². The minimum atomic E-state index is -0.750. The Morgan fingerprint density at radius 3 is 3.29 bits per heavy atom. The van der Waals surface area contributed by atoms with Crippen molar-refractivity contribution in [1.82, 2.24) is 5.43 Å². The molecule has 0 aromatic carbocycles. The zero-order valence-electron chi connectivity index (χ0n) is 7.68. The van der Waals surface area contributed by atoms with Gasteiger partial charge in [-0.2, -0.15) is 5.10 Å². The van der Waals surface area contributed by atoms with E-state index in [1.165, 1.54) is 0 Å². The Kier molecular flexibility index (Phi) is 2.35. The maximum absolute atomic E-state index is 10.4. The molecule has 14 heavy (non-hydrogen) atoms. The first kappa shape index (κ1) is 8.99. The molecule has 2 rings (SSSR count). The number of allylic oxidation sites excluding steroid dienone is 2. The SMILES string of the molecule is O=C(O)CCC1=CC2C=NNC2C=C1. The van der Waals surface area contributed by atoms with Crippen LogP contribution in [0.5, 0.6) is 0 Å². The molecule has 0 saturated carbocycles. The van der Waals surface area contributed by atoms with E-state index in [2.05, 4.69) is 16.6 Å². The third-order valence-corrected chi connectivity index (χ3v) is 2.44. The molecule has 0 aromatic heterocycles. The fraction of sp³-hybridized carbons (Fsp3) is 0.400. The molecule has 2 unspecified atom stereocenters. The normalized spacial score (nSPS) is 28.1. The van der Waals surface area contributed by atoms with E-state index >= 15 is 0 Å². The van der Waals surface area contributed by atoms with Crippen LogP contribution >= 0.6 is 0 Å². The van der Waals surface area contributed by atoms with Crippen LogP contribution in [0.2, 0.25) is 0 Å². The van der Waals surface area contributed by atoms with Gasteiger partial charge in [-0.1, -0.05) is 23.8 Å². The highest BCUT2D eigenvalue weighted by molar-refractivity contribution is 5.69. The zero-order valence-corrected chi connectivity index (χ0v) is 7.68. The Bertz CT molecular complexity index is 331. The number of carboxylic acid groups (broad SMARTS) is 1. The van der Waals surface area contributed by atoms with Gasteiger partial charge < -0.3 is 10.5 Å². The Morgan fingerprint density at radius 1 is 1.64 bits per heavy atom. The standard InChI is InChI=1S/C10H12N2O2/c13-10(14)4-2-7-1-3-9-8(5-7)6-11-12-9/h1,3,5-6,8-9,12H,2,4H2,(H,13,14). The van der Waals surface area contributed by atoms with Crippen molar-refractivity contribution in [2.45, 2.75) is 18.9 Å². The summed E-state index contributed by atoms with van der Waals surface area (Å²) in [5.74, 6) is -0.455. The van der Waals surface area contributed by atoms with Gasteiger partial charge >= 0.3 is 5.97 Å². The van der Waals surface area contributed by atoms with E-state index in [1.807, 2.05) is 18.4 Å². The van der Waals surface area contributed by atoms with Gasteiger partial charge in [-0.25, -0.2) is 0 Å². The molecule has 74 valence electrons. The Morgan fingerprint density at radius 2 is 2.50 bits per heavy atom. The van der Waals surface area contributed by atoms with E-state index in [0.29, 0.717) is 12.3 Å². The highest BCUT2D eigenvalue weighted by Crippen LogP contribution is 2.21. The number of carbonyl (C=O) groups is 1. The molecule has 0 radical (unpaired) electrons. The maximum atomic E-state index is 10.4. The third kappa shape index (κ3) is 1.84. The molecule has 1 heterocycles. The van der Waals surface area contributed by atoms with Gasteiger partial charge in [0.15, 0.2) is 0 Å². The Labute approximate surface area is 82.0 Å². The lowest BCUT2D eigenvalue weighted by atomic mass is 9.92. The minimum absolute atomic E-state index is 0.193. The molecule has 4 nitrogen and oxygen atoms in total. The summed E-state index contributed by atoms with van der Waals surface area (Å²) in [6.07, 6.45) is 8.74. The average molecular weight is 192 g/mol. The lowest BCUT2D eigenvalue weighted by molar-refractivity contribution is -0.136. The summed E-state index contributed by atoms with van der Waals surface area (Å²) >= 11 is 0. The summed E-state index contributed by atoms with van der Waals surface area (Å²) in [6, 6.07) is 0.267. The van der Waals surface area contributed by atoms with Crippen molar-refractivity contribution in [3.63, 3.8) is 0 Å². The molecular weight excluding hydrogens is 180 g/mol. The van der Waals surface area contributed by atoms with Crippen LogP contribution in [0.3, 0.4) is 0 Å². The van der Waals surface area contributed by atoms with Crippen molar-refractivity contribution in [2.24, 2.45) is 11.0 Å². The lowest BCUT2D eigenvalue weighted by Crippen LogP contribution is -2.25. The number of hydrazone groups is 1. The molecule has 0 aromatic rings. The third-order valence-electron chi connectivity index (χ3n) is 2.44. The van der Waals surface area contributed by atoms with E-state index in [0.717, 1.165) is 5.57 Å². The lowest BCUT2D eigenvalue weighted by Gasteiger charge is -2.16. The first-order valence-electron chi connectivity index (χ1n) is 4.65. The van der Waals surface area contributed by atoms with Gasteiger partial charge in [0, 0.05) is 18.6 Å². The molecule has 2 aliphatic rings. The first-order chi connectivity index (χ1) is 6.75. The van der Waals surface area contributed by atoms with Crippen LogP contribution in [0.4, 0.5) is 0 Å². The summed E-state index contributed by atoms with van der Waals surface area (Å²) in [7, 11) is 0. The predicted molar refractivity (Wildman–Crippen MR) is 53.0 cm³/mol. The minimum Gasteiger partial charge on any atom is -0.481 e. The second kappa shape index (κ2) is 3.65. The summed E-state index contributed by atoms with van der Waals surface area (Å²) in [6.45, 7) is 0. The molecule has 2 atom stereocenters. The molecule has 1 aliphatic carbocycles. The van der Waals surface area contributed by atoms with Gasteiger partial charge in [0.1, 0.15) is 0 Å². The topological polar surface area (TPSA) is 61.7 Å². The second-order valence-corrected chi connectivity index (χ2v) is 3.50. The van der Waals surface area contributed by atoms with Crippen LogP contribution in [0.1, 0.15) is 12.8 Å². The molecule has 2 N–H and O–H groups in total. The van der Waals surface area contributed by atoms with Gasteiger partial charge in [0.2, 0.25) is 0 Å². The molecule has 0 fully saturated rings. The average Bonchev–Trinajstić information content (AvgIpc) is 2.61. The fourth-order valence-corrected chi connectivity index (χ4v) is 1.66. The van der Waals surface area contributed by atoms with Crippen molar-refractivity contribution in [1.29, 1.82) is 0 Å². The number of aliphatic carboxylic acids is 1. The van der Waals surface area contributed by atoms with Gasteiger partial charge in [-0.05, 0) is 6.42 Å². The molecule has 4 heteroatoms. The number of hydrogen-bond acceptors (Lipinski definition) is 3. The summed E-state index contributed by atoms with van der Waals surface area (Å²) in [5, 5.41) is 12.5. The predicted octanol–water partition coefficient (Wildman–Crippen LogP) is 0.921. The Balaban J connectivity index is 1.97. The number of rotatable bonds is 3. The molecule has 1 aliphatic heterocycles. The molecule has 0 spiro atoms. The van der Waals surface area contributed by atoms with Crippen LogP contribution in [-0.2, 0) is 4.79 Å². The van der Waals surface area contributed by atoms with E-state index in [1.54, 1.807) is 0 Å². The van der Waals surface area contributed by atoms with Crippen molar-refractivity contribution >= 4 is 12.2 Å². The summed E-state index contributed by atoms with van der Waals surface area (Å²) in [5.41, 5.74) is 4.05. The smallest absolute Gasteiger partial charge is 0.303 e. The van der Waals surface area contributed by atoms with Crippen LogP contribution in [0, 0.1) is 5.92 Å². The van der Waals surface area contributed by atoms with Crippen LogP contribution in [0.25, 0.3) is 0 Å². The number of hydrogen-bond donors (Lipinski definition) is 2. The maximum Gasteiger partial charge on any atom is 0.303 e. The van der Waals surface area contributed by atoms with Gasteiger partial charge in [-0.15, -0.1) is 0 Å². The number of nitrogens with one attached hydrogen (secondary N) is 1. The first-order valence-corrected chi connectivity index (χ1v) is 4.65. The fourth-order valence-electron chi connectivity index (χ4n) is 1.66. The van der Waals surface area contributed by atoms with E-state index in [4.69, 9.17) is 5.11 Å². The van der Waals surface area contributed by atoms with E-state index in [9.17, 15) is 4.79 Å². The van der Waals surface area contributed by atoms with Gasteiger partial charge in [0.05, 0.1) is 6.04 Å². The van der Waals surface area contributed by atoms with Gasteiger partial charge in [0.25, 0.3) is 0 Å². The van der Waals surface area contributed by atoms with Crippen molar-refractivity contribution in [3.05, 3.63) is 23.8 Å². The highest BCUT2D eigenvalue weighted by Gasteiger charge is 2.22. The van der Waals surface area contributed by atoms with Crippen LogP contribution in [0.15, 0.2) is 28.9 Å². The zero-order chi connectivity index (χ0) is 9.97. The quantitative estimate of drug-likeness (QED) is 0.699. The van der Waals surface area contributed by atoms with E-state index in [-0.39, 0.29) is 12.5 Å². The second-order valence-electron chi connectivity index (χ2n) is 3.50. The van der Waals surface area contributed by atoms with Crippen molar-refractivity contribution in [2.75, 3.05) is 0 Å². The van der Waals surface area contributed by atoms with Crippen LogP contribution < -0.4 is 5.43 Å². The highest BCUT2D eigenvalue weighted by atomic mass is 16.4. The van der Waals surface area contributed by atoms with Crippen molar-refractivity contribution < 1.29 is 9.90 Å². The molecule has 0 amide bonds. The largest absolute Gasteiger partial charge is 0.481 e. The number of nitrogens with zero attached hydrogens (tertiary/aromatic N) is 1. The van der Waals surface area contributed by atoms with Gasteiger partial charge in [-0.3, -0.25) is 4.79 Å². The molecule has 0 saturated heterocycles. The number of fused-ring (bicyclic) bond motifs is 1. The Hall–Kier alpha value is -1.58. The monoisotopic (exact) mass is 192 g/mol. The van der Waals surface area contributed by atoms with Crippen molar-refractivity contribution in [3.8, 4) is 0 Å². The number of carboxylic acids is 1. The summed E-state index contributed by atoms with van der Waals surface area (Å²) < 4.78 is 0.